The van der Waals surface area contributed by atoms with Crippen LogP contribution in [0.4, 0.5) is 5.69 Å². The molecule has 1 saturated heterocycles. The lowest BCUT2D eigenvalue weighted by Gasteiger charge is -2.53. The number of carbonyl (C=O) groups excluding carboxylic acids is 3. The van der Waals surface area contributed by atoms with Crippen molar-refractivity contribution in [3.63, 3.8) is 0 Å². The van der Waals surface area contributed by atoms with Gasteiger partial charge in [0.25, 0.3) is 0 Å². The zero-order valence-electron chi connectivity index (χ0n) is 27.1. The average Bonchev–Trinajstić information content (AvgIpc) is 2.98. The summed E-state index contributed by atoms with van der Waals surface area (Å²) in [6.45, 7) is 10.4. The molecule has 2 amide bonds. The highest BCUT2D eigenvalue weighted by Gasteiger charge is 2.53. The van der Waals surface area contributed by atoms with Crippen molar-refractivity contribution in [2.75, 3.05) is 11.1 Å². The second-order valence-corrected chi connectivity index (χ2v) is 16.7. The molecule has 4 rings (SSSR count). The smallest absolute Gasteiger partial charge is 0.229 e. The molecule has 10 heteroatoms. The number of hydrogen-bond donors (Lipinski definition) is 1. The Morgan fingerprint density at radius 3 is 2.11 bits per heavy atom. The quantitative estimate of drug-likeness (QED) is 0.206. The van der Waals surface area contributed by atoms with E-state index < -0.39 is 32.6 Å². The molecule has 0 bridgehead atoms. The number of sulfone groups is 1. The fraction of sp³-hybridized carbons (Fsp3) is 0.417. The van der Waals surface area contributed by atoms with Gasteiger partial charge in [-0.05, 0) is 92.8 Å². The maximum Gasteiger partial charge on any atom is 0.229 e. The van der Waals surface area contributed by atoms with Crippen LogP contribution in [0.25, 0.3) is 0 Å². The van der Waals surface area contributed by atoms with Crippen LogP contribution in [-0.4, -0.2) is 48.0 Å². The first kappa shape index (κ1) is 35.7. The number of rotatable bonds is 11. The highest BCUT2D eigenvalue weighted by molar-refractivity contribution is 7.92. The number of Topliss-reactive ketones (excluding diaryl/α,β-unsaturated/α-hetero) is 1. The lowest BCUT2D eigenvalue weighted by atomic mass is 9.66. The summed E-state index contributed by atoms with van der Waals surface area (Å²) in [6, 6.07) is 20.1. The van der Waals surface area contributed by atoms with E-state index in [0.29, 0.717) is 27.7 Å². The molecule has 4 atom stereocenters. The highest BCUT2D eigenvalue weighted by Crippen LogP contribution is 2.52. The third-order valence-electron chi connectivity index (χ3n) is 8.96. The van der Waals surface area contributed by atoms with E-state index in [9.17, 15) is 22.8 Å². The maximum atomic E-state index is 14.9. The summed E-state index contributed by atoms with van der Waals surface area (Å²) in [6.07, 6.45) is 0.178. The Labute approximate surface area is 282 Å². The standard InChI is InChI=1S/C36H42Cl2N2O5S/c1-22(2)32(21-46(44,45)23(3)4)40-34(26-10-14-28(37)15-11-26)31(27-8-7-9-29(38)18-27)19-36(6,35(40)43)20-33(42)39-30-16-12-25(13-17-30)24(5)41/h7-18,22-23,31-32,34H,19-21H2,1-6H3,(H,39,42)/t31-,32?,34-,36-/m1/s1. The number of carbonyl (C=O) groups is 3. The van der Waals surface area contributed by atoms with E-state index in [1.165, 1.54) is 6.92 Å². The number of benzene rings is 3. The molecule has 7 nitrogen and oxygen atoms in total. The lowest BCUT2D eigenvalue weighted by molar-refractivity contribution is -0.157. The molecule has 0 aromatic heterocycles. The molecular weight excluding hydrogens is 643 g/mol. The second-order valence-electron chi connectivity index (χ2n) is 13.2. The maximum absolute atomic E-state index is 14.9. The zero-order valence-corrected chi connectivity index (χ0v) is 29.4. The van der Waals surface area contributed by atoms with Crippen molar-refractivity contribution in [1.82, 2.24) is 4.90 Å². The van der Waals surface area contributed by atoms with Crippen LogP contribution in [0.5, 0.6) is 0 Å². The van der Waals surface area contributed by atoms with Crippen LogP contribution in [0, 0.1) is 11.3 Å². The van der Waals surface area contributed by atoms with Gasteiger partial charge in [-0.15, -0.1) is 0 Å². The monoisotopic (exact) mass is 684 g/mol. The molecule has 1 aliphatic heterocycles. The first-order chi connectivity index (χ1) is 21.5. The van der Waals surface area contributed by atoms with Gasteiger partial charge < -0.3 is 10.2 Å². The van der Waals surface area contributed by atoms with Crippen LogP contribution in [0.15, 0.2) is 72.8 Å². The molecule has 1 aliphatic rings. The van der Waals surface area contributed by atoms with Gasteiger partial charge in [0.1, 0.15) is 0 Å². The Bertz CT molecular complexity index is 1690. The van der Waals surface area contributed by atoms with Crippen molar-refractivity contribution < 1.29 is 22.8 Å². The van der Waals surface area contributed by atoms with Gasteiger partial charge in [0.2, 0.25) is 11.8 Å². The van der Waals surface area contributed by atoms with Gasteiger partial charge in [-0.25, -0.2) is 8.42 Å². The van der Waals surface area contributed by atoms with Gasteiger partial charge >= 0.3 is 0 Å². The van der Waals surface area contributed by atoms with Crippen LogP contribution in [0.2, 0.25) is 10.0 Å². The van der Waals surface area contributed by atoms with Crippen molar-refractivity contribution in [2.24, 2.45) is 11.3 Å². The van der Waals surface area contributed by atoms with E-state index in [2.05, 4.69) is 5.32 Å². The Balaban J connectivity index is 1.85. The minimum atomic E-state index is -3.57. The van der Waals surface area contributed by atoms with Crippen LogP contribution in [0.1, 0.15) is 87.8 Å². The van der Waals surface area contributed by atoms with Crippen molar-refractivity contribution in [1.29, 1.82) is 0 Å². The molecule has 3 aromatic rings. The van der Waals surface area contributed by atoms with Gasteiger partial charge in [0.15, 0.2) is 15.6 Å². The average molecular weight is 686 g/mol. The fourth-order valence-electron chi connectivity index (χ4n) is 6.28. The number of likely N-dealkylation sites (tertiary alicyclic amines) is 1. The van der Waals surface area contributed by atoms with Crippen molar-refractivity contribution in [3.8, 4) is 0 Å². The van der Waals surface area contributed by atoms with Gasteiger partial charge in [-0.2, -0.15) is 0 Å². The first-order valence-electron chi connectivity index (χ1n) is 15.5. The first-order valence-corrected chi connectivity index (χ1v) is 18.0. The Hall–Kier alpha value is -3.20. The number of hydrogen-bond acceptors (Lipinski definition) is 5. The molecule has 0 aliphatic carbocycles. The lowest BCUT2D eigenvalue weighted by Crippen LogP contribution is -2.59. The summed E-state index contributed by atoms with van der Waals surface area (Å²) in [7, 11) is -3.57. The van der Waals surface area contributed by atoms with Crippen LogP contribution in [0.3, 0.4) is 0 Å². The summed E-state index contributed by atoms with van der Waals surface area (Å²) in [4.78, 5) is 41.9. The number of nitrogens with zero attached hydrogens (tertiary/aromatic N) is 1. The van der Waals surface area contributed by atoms with E-state index in [1.807, 2.05) is 44.2 Å². The molecule has 46 heavy (non-hydrogen) atoms. The molecule has 0 spiro atoms. The number of nitrogens with one attached hydrogen (secondary N) is 1. The molecule has 1 heterocycles. The van der Waals surface area contributed by atoms with Crippen LogP contribution < -0.4 is 5.32 Å². The molecule has 246 valence electrons. The Morgan fingerprint density at radius 2 is 1.57 bits per heavy atom. The van der Waals surface area contributed by atoms with Crippen molar-refractivity contribution in [2.45, 2.75) is 77.6 Å². The van der Waals surface area contributed by atoms with Gasteiger partial charge in [-0.1, -0.05) is 68.2 Å². The zero-order chi connectivity index (χ0) is 34.0. The molecule has 1 fully saturated rings. The largest absolute Gasteiger partial charge is 0.330 e. The Kier molecular flexibility index (Phi) is 11.1. The number of amides is 2. The van der Waals surface area contributed by atoms with Crippen molar-refractivity contribution in [3.05, 3.63) is 99.5 Å². The highest BCUT2D eigenvalue weighted by atomic mass is 35.5. The molecule has 1 N–H and O–H groups in total. The number of ketones is 1. The number of piperidine rings is 1. The summed E-state index contributed by atoms with van der Waals surface area (Å²) in [5.74, 6) is -1.50. The van der Waals surface area contributed by atoms with E-state index >= 15 is 0 Å². The molecule has 1 unspecified atom stereocenters. The van der Waals surface area contributed by atoms with E-state index in [-0.39, 0.29) is 41.6 Å². The van der Waals surface area contributed by atoms with E-state index in [0.717, 1.165) is 11.1 Å². The topological polar surface area (TPSA) is 101 Å². The van der Waals surface area contributed by atoms with E-state index in [4.69, 9.17) is 23.2 Å². The Morgan fingerprint density at radius 1 is 0.935 bits per heavy atom. The normalized spacial score (nSPS) is 21.0. The second kappa shape index (κ2) is 14.3. The molecule has 3 aromatic carbocycles. The van der Waals surface area contributed by atoms with Gasteiger partial charge in [-0.3, -0.25) is 14.4 Å². The minimum Gasteiger partial charge on any atom is -0.330 e. The predicted molar refractivity (Wildman–Crippen MR) is 185 cm³/mol. The van der Waals surface area contributed by atoms with Gasteiger partial charge in [0.05, 0.1) is 22.5 Å². The molecule has 0 radical (unpaired) electrons. The van der Waals surface area contributed by atoms with E-state index in [1.54, 1.807) is 68.1 Å². The minimum absolute atomic E-state index is 0.0835. The SMILES string of the molecule is CC(=O)c1ccc(NC(=O)C[C@@]2(C)C[C@H](c3cccc(Cl)c3)[C@@H](c3ccc(Cl)cc3)N(C(CS(=O)(=O)C(C)C)C(C)C)C2=O)cc1. The van der Waals surface area contributed by atoms with Gasteiger partial charge in [0, 0.05) is 39.7 Å². The third-order valence-corrected chi connectivity index (χ3v) is 11.7. The summed E-state index contributed by atoms with van der Waals surface area (Å²) in [5, 5.41) is 3.33. The summed E-state index contributed by atoms with van der Waals surface area (Å²) >= 11 is 12.8. The van der Waals surface area contributed by atoms with Crippen LogP contribution in [-0.2, 0) is 19.4 Å². The molecule has 0 saturated carbocycles. The molecular formula is C36H42Cl2N2O5S. The predicted octanol–water partition coefficient (Wildman–Crippen LogP) is 8.14. The number of anilines is 1. The summed E-state index contributed by atoms with van der Waals surface area (Å²) < 4.78 is 26.9. The fourth-order valence-corrected chi connectivity index (χ4v) is 8.01. The van der Waals surface area contributed by atoms with Crippen molar-refractivity contribution >= 4 is 56.3 Å². The summed E-state index contributed by atoms with van der Waals surface area (Å²) in [5.41, 5.74) is 1.54. The van der Waals surface area contributed by atoms with Crippen LogP contribution >= 0.6 is 23.2 Å². The number of halogens is 2. The third kappa shape index (κ3) is 8.01.